The molecular formula is C8H10FO5PS2. The van der Waals surface area contributed by atoms with Crippen molar-refractivity contribution < 1.29 is 26.1 Å². The fourth-order valence-electron chi connectivity index (χ4n) is 1.07. The first-order chi connectivity index (χ1) is 8.03. The molecule has 0 aromatic heterocycles. The third-order valence-electron chi connectivity index (χ3n) is 1.74. The Hall–Kier alpha value is -0.400. The molecule has 0 bridgehead atoms. The minimum absolute atomic E-state index is 0.236. The predicted octanol–water partition coefficient (Wildman–Crippen LogP) is 1.90. The van der Waals surface area contributed by atoms with Crippen molar-refractivity contribution in [2.24, 2.45) is 0 Å². The number of benzene rings is 1. The maximum atomic E-state index is 13.5. The van der Waals surface area contributed by atoms with Gasteiger partial charge in [-0.05, 0) is 18.4 Å². The van der Waals surface area contributed by atoms with Crippen LogP contribution in [0, 0.1) is 5.82 Å². The molecule has 1 aromatic rings. The van der Waals surface area contributed by atoms with Gasteiger partial charge in [0.05, 0.1) is 0 Å². The van der Waals surface area contributed by atoms with Crippen molar-refractivity contribution in [1.82, 2.24) is 0 Å². The fraction of sp³-hybridized carbons (Fsp3) is 0.250. The molecular weight excluding hydrogens is 290 g/mol. The van der Waals surface area contributed by atoms with Crippen molar-refractivity contribution in [1.29, 1.82) is 0 Å². The minimum Gasteiger partial charge on any atom is -0.304 e. The summed E-state index contributed by atoms with van der Waals surface area (Å²) in [7, 11) is -5.82. The van der Waals surface area contributed by atoms with Crippen LogP contribution in [0.5, 0.6) is 0 Å². The van der Waals surface area contributed by atoms with Gasteiger partial charge in [0.25, 0.3) is 0 Å². The molecule has 17 heavy (non-hydrogen) atoms. The summed E-state index contributed by atoms with van der Waals surface area (Å²) in [5.41, 5.74) is 0. The highest BCUT2D eigenvalue weighted by atomic mass is 32.2. The first kappa shape index (κ1) is 14.7. The second-order valence-corrected chi connectivity index (χ2v) is 5.65. The predicted molar refractivity (Wildman–Crippen MR) is 62.8 cm³/mol. The average Bonchev–Trinajstić information content (AvgIpc) is 2.28. The highest BCUT2D eigenvalue weighted by Crippen LogP contribution is 2.28. The minimum atomic E-state index is -4.25. The topological polar surface area (TPSA) is 69.7 Å². The van der Waals surface area contributed by atoms with E-state index in [0.29, 0.717) is 0 Å². The second-order valence-electron chi connectivity index (χ2n) is 2.72. The van der Waals surface area contributed by atoms with Crippen LogP contribution in [0.1, 0.15) is 0 Å². The molecule has 1 unspecified atom stereocenters. The normalized spacial score (nSPS) is 12.4. The van der Waals surface area contributed by atoms with Crippen LogP contribution in [0.15, 0.2) is 28.0 Å². The van der Waals surface area contributed by atoms with E-state index in [-0.39, 0.29) is 4.90 Å². The Bertz CT molecular complexity index is 505. The molecule has 0 radical (unpaired) electrons. The Morgan fingerprint density at radius 2 is 2.18 bits per heavy atom. The fourth-order valence-corrected chi connectivity index (χ4v) is 3.27. The molecule has 0 N–H and O–H groups in total. The van der Waals surface area contributed by atoms with Crippen molar-refractivity contribution in [3.8, 4) is 0 Å². The van der Waals surface area contributed by atoms with E-state index >= 15 is 0 Å². The van der Waals surface area contributed by atoms with Gasteiger partial charge >= 0.3 is 10.1 Å². The van der Waals surface area contributed by atoms with E-state index in [2.05, 4.69) is 8.71 Å². The second kappa shape index (κ2) is 6.51. The lowest BCUT2D eigenvalue weighted by Crippen LogP contribution is -2.10. The maximum Gasteiger partial charge on any atom is 0.303 e. The van der Waals surface area contributed by atoms with Gasteiger partial charge < -0.3 is 4.52 Å². The van der Waals surface area contributed by atoms with Crippen molar-refractivity contribution in [3.63, 3.8) is 0 Å². The van der Waals surface area contributed by atoms with E-state index in [1.165, 1.54) is 12.1 Å². The lowest BCUT2D eigenvalue weighted by molar-refractivity contribution is 0.139. The van der Waals surface area contributed by atoms with E-state index in [4.69, 9.17) is 0 Å². The first-order valence-electron chi connectivity index (χ1n) is 4.30. The molecule has 9 heteroatoms. The largest absolute Gasteiger partial charge is 0.304 e. The van der Waals surface area contributed by atoms with E-state index < -0.39 is 36.3 Å². The molecule has 0 saturated carbocycles. The monoisotopic (exact) mass is 300 g/mol. The molecule has 96 valence electrons. The zero-order valence-electron chi connectivity index (χ0n) is 8.75. The molecule has 0 aliphatic carbocycles. The SMILES string of the molecule is CSc1cccc(F)c1S(=O)(=O)OCO[PH2]=O. The zero-order valence-corrected chi connectivity index (χ0v) is 11.5. The standard InChI is InChI=1S/C8H10FO5PS2/c1-16-7-4-2-3-6(9)8(7)17(11,12)14-5-13-15-10/h2-4H,5,15H2,1H3. The van der Waals surface area contributed by atoms with E-state index in [1.54, 1.807) is 6.26 Å². The number of hydrogen-bond donors (Lipinski definition) is 0. The maximum absolute atomic E-state index is 13.5. The molecule has 1 aromatic carbocycles. The summed E-state index contributed by atoms with van der Waals surface area (Å²) in [6.07, 6.45) is 1.62. The van der Waals surface area contributed by atoms with E-state index in [9.17, 15) is 17.4 Å². The van der Waals surface area contributed by atoms with Gasteiger partial charge in [0.1, 0.15) is 10.7 Å². The molecule has 0 amide bonds. The van der Waals surface area contributed by atoms with Crippen molar-refractivity contribution in [2.45, 2.75) is 9.79 Å². The molecule has 0 spiro atoms. The molecule has 0 heterocycles. The summed E-state index contributed by atoms with van der Waals surface area (Å²) < 4.78 is 55.5. The molecule has 0 fully saturated rings. The van der Waals surface area contributed by atoms with Crippen LogP contribution in [-0.2, 0) is 23.4 Å². The lowest BCUT2D eigenvalue weighted by Gasteiger charge is -2.08. The van der Waals surface area contributed by atoms with Gasteiger partial charge in [-0.25, -0.2) is 8.57 Å². The molecule has 5 nitrogen and oxygen atoms in total. The van der Waals surface area contributed by atoms with Gasteiger partial charge in [-0.3, -0.25) is 4.57 Å². The number of thioether (sulfide) groups is 1. The summed E-state index contributed by atoms with van der Waals surface area (Å²) in [5, 5.41) is 0. The summed E-state index contributed by atoms with van der Waals surface area (Å²) >= 11 is 1.08. The van der Waals surface area contributed by atoms with Crippen LogP contribution >= 0.6 is 20.4 Å². The number of halogens is 1. The Labute approximate surface area is 104 Å². The quantitative estimate of drug-likeness (QED) is 0.263. The summed E-state index contributed by atoms with van der Waals surface area (Å²) in [6, 6.07) is 3.89. The van der Waals surface area contributed by atoms with Crippen LogP contribution in [0.4, 0.5) is 4.39 Å². The van der Waals surface area contributed by atoms with Crippen LogP contribution < -0.4 is 0 Å². The molecule has 0 saturated heterocycles. The first-order valence-corrected chi connectivity index (χ1v) is 7.87. The third-order valence-corrected chi connectivity index (χ3v) is 4.24. The lowest BCUT2D eigenvalue weighted by atomic mass is 10.3. The highest BCUT2D eigenvalue weighted by Gasteiger charge is 2.24. The molecule has 1 atom stereocenters. The number of rotatable bonds is 6. The van der Waals surface area contributed by atoms with Gasteiger partial charge in [-0.1, -0.05) is 6.07 Å². The van der Waals surface area contributed by atoms with Gasteiger partial charge in [-0.15, -0.1) is 11.8 Å². The Balaban J connectivity index is 3.09. The zero-order chi connectivity index (χ0) is 12.9. The molecule has 0 aliphatic rings. The van der Waals surface area contributed by atoms with Gasteiger partial charge in [-0.2, -0.15) is 8.42 Å². The van der Waals surface area contributed by atoms with Crippen molar-refractivity contribution in [3.05, 3.63) is 24.0 Å². The Morgan fingerprint density at radius 1 is 1.47 bits per heavy atom. The van der Waals surface area contributed by atoms with Crippen LogP contribution in [0.25, 0.3) is 0 Å². The Morgan fingerprint density at radius 3 is 2.76 bits per heavy atom. The van der Waals surface area contributed by atoms with Gasteiger partial charge in [0.15, 0.2) is 15.5 Å². The van der Waals surface area contributed by atoms with E-state index in [1.807, 2.05) is 0 Å². The van der Waals surface area contributed by atoms with Crippen LogP contribution in [0.3, 0.4) is 0 Å². The van der Waals surface area contributed by atoms with Gasteiger partial charge in [0, 0.05) is 4.90 Å². The molecule has 0 aliphatic heterocycles. The molecule has 1 rings (SSSR count). The summed E-state index contributed by atoms with van der Waals surface area (Å²) in [6.45, 7) is -0.691. The van der Waals surface area contributed by atoms with Crippen molar-refractivity contribution >= 4 is 30.6 Å². The third kappa shape index (κ3) is 3.79. The van der Waals surface area contributed by atoms with E-state index in [0.717, 1.165) is 17.8 Å². The highest BCUT2D eigenvalue weighted by molar-refractivity contribution is 7.99. The van der Waals surface area contributed by atoms with Crippen LogP contribution in [-0.4, -0.2) is 21.5 Å². The summed E-state index contributed by atoms with van der Waals surface area (Å²) in [5.74, 6) is -0.897. The number of hydrogen-bond acceptors (Lipinski definition) is 6. The smallest absolute Gasteiger partial charge is 0.303 e. The Kier molecular flexibility index (Phi) is 5.61. The van der Waals surface area contributed by atoms with Crippen LogP contribution in [0.2, 0.25) is 0 Å². The average molecular weight is 300 g/mol. The van der Waals surface area contributed by atoms with Gasteiger partial charge in [0.2, 0.25) is 0 Å². The van der Waals surface area contributed by atoms with Crippen molar-refractivity contribution in [2.75, 3.05) is 13.0 Å². The summed E-state index contributed by atoms with van der Waals surface area (Å²) in [4.78, 5) is -0.295.